The Hall–Kier alpha value is -2.66. The van der Waals surface area contributed by atoms with Gasteiger partial charge in [0.2, 0.25) is 11.8 Å². The van der Waals surface area contributed by atoms with Gasteiger partial charge in [0, 0.05) is 11.7 Å². The van der Waals surface area contributed by atoms with E-state index in [9.17, 15) is 9.59 Å². The van der Waals surface area contributed by atoms with Crippen molar-refractivity contribution in [2.45, 2.75) is 53.1 Å². The number of amides is 2. The van der Waals surface area contributed by atoms with E-state index in [1.807, 2.05) is 57.2 Å². The van der Waals surface area contributed by atoms with Crippen LogP contribution in [-0.4, -0.2) is 24.4 Å². The molecule has 2 atom stereocenters. The number of carbonyl (C=O) groups is 2. The van der Waals surface area contributed by atoms with Gasteiger partial charge in [-0.2, -0.15) is 0 Å². The number of para-hydroxylation sites is 1. The molecule has 0 heterocycles. The van der Waals surface area contributed by atoms with E-state index < -0.39 is 6.04 Å². The SMILES string of the molecule is Cc1cccc(C)c1NC(=O)CNC(=O)[C@@H](C)N[C@H](CC(C)C)c1ccccc1. The quantitative estimate of drug-likeness (QED) is 0.598. The summed E-state index contributed by atoms with van der Waals surface area (Å²) < 4.78 is 0. The number of benzene rings is 2. The van der Waals surface area contributed by atoms with E-state index >= 15 is 0 Å². The molecular formula is C24H33N3O2. The molecule has 0 saturated heterocycles. The van der Waals surface area contributed by atoms with Crippen molar-refractivity contribution in [1.82, 2.24) is 10.6 Å². The fourth-order valence-corrected chi connectivity index (χ4v) is 3.35. The first-order valence-corrected chi connectivity index (χ1v) is 10.2. The van der Waals surface area contributed by atoms with Crippen LogP contribution in [-0.2, 0) is 9.59 Å². The lowest BCUT2D eigenvalue weighted by molar-refractivity contribution is -0.125. The average molecular weight is 396 g/mol. The highest BCUT2D eigenvalue weighted by Gasteiger charge is 2.20. The van der Waals surface area contributed by atoms with Crippen LogP contribution in [0.2, 0.25) is 0 Å². The van der Waals surface area contributed by atoms with Crippen molar-refractivity contribution in [2.75, 3.05) is 11.9 Å². The summed E-state index contributed by atoms with van der Waals surface area (Å²) in [6.45, 7) is 10.0. The molecule has 2 rings (SSSR count). The van der Waals surface area contributed by atoms with Gasteiger partial charge in [0.05, 0.1) is 12.6 Å². The third-order valence-electron chi connectivity index (χ3n) is 4.92. The van der Waals surface area contributed by atoms with E-state index in [-0.39, 0.29) is 24.4 Å². The molecule has 5 heteroatoms. The first-order chi connectivity index (χ1) is 13.8. The van der Waals surface area contributed by atoms with Crippen molar-refractivity contribution in [3.05, 3.63) is 65.2 Å². The van der Waals surface area contributed by atoms with Gasteiger partial charge in [0.1, 0.15) is 0 Å². The molecule has 0 radical (unpaired) electrons. The van der Waals surface area contributed by atoms with E-state index in [0.29, 0.717) is 5.92 Å². The number of hydrogen-bond donors (Lipinski definition) is 3. The second-order valence-corrected chi connectivity index (χ2v) is 8.01. The summed E-state index contributed by atoms with van der Waals surface area (Å²) in [7, 11) is 0. The molecule has 0 aliphatic rings. The highest BCUT2D eigenvalue weighted by Crippen LogP contribution is 2.22. The third-order valence-corrected chi connectivity index (χ3v) is 4.92. The number of aryl methyl sites for hydroxylation is 2. The summed E-state index contributed by atoms with van der Waals surface area (Å²) in [5, 5.41) is 9.04. The van der Waals surface area contributed by atoms with Crippen LogP contribution in [0.5, 0.6) is 0 Å². The molecule has 0 fully saturated rings. The predicted octanol–water partition coefficient (Wildman–Crippen LogP) is 4.12. The zero-order chi connectivity index (χ0) is 21.4. The molecule has 0 aromatic heterocycles. The van der Waals surface area contributed by atoms with E-state index in [2.05, 4.69) is 41.9 Å². The van der Waals surface area contributed by atoms with Crippen molar-refractivity contribution >= 4 is 17.5 Å². The number of carbonyl (C=O) groups excluding carboxylic acids is 2. The van der Waals surface area contributed by atoms with Crippen LogP contribution in [0.15, 0.2) is 48.5 Å². The minimum atomic E-state index is -0.410. The van der Waals surface area contributed by atoms with Crippen LogP contribution in [0.1, 0.15) is 49.9 Å². The maximum atomic E-state index is 12.5. The highest BCUT2D eigenvalue weighted by molar-refractivity contribution is 5.96. The zero-order valence-corrected chi connectivity index (χ0v) is 18.1. The largest absolute Gasteiger partial charge is 0.346 e. The molecule has 0 aliphatic heterocycles. The Morgan fingerprint density at radius 2 is 1.52 bits per heavy atom. The second kappa shape index (κ2) is 10.8. The molecule has 2 aromatic rings. The van der Waals surface area contributed by atoms with Crippen LogP contribution < -0.4 is 16.0 Å². The summed E-state index contributed by atoms with van der Waals surface area (Å²) in [6.07, 6.45) is 0.925. The van der Waals surface area contributed by atoms with Crippen molar-refractivity contribution in [2.24, 2.45) is 5.92 Å². The second-order valence-electron chi connectivity index (χ2n) is 8.01. The van der Waals surface area contributed by atoms with Gasteiger partial charge in [-0.25, -0.2) is 0 Å². The van der Waals surface area contributed by atoms with Gasteiger partial charge >= 0.3 is 0 Å². The van der Waals surface area contributed by atoms with Gasteiger partial charge in [-0.15, -0.1) is 0 Å². The molecule has 5 nitrogen and oxygen atoms in total. The lowest BCUT2D eigenvalue weighted by Gasteiger charge is -2.25. The monoisotopic (exact) mass is 395 g/mol. The minimum Gasteiger partial charge on any atom is -0.346 e. The molecule has 0 bridgehead atoms. The van der Waals surface area contributed by atoms with Gasteiger partial charge in [0.15, 0.2) is 0 Å². The van der Waals surface area contributed by atoms with Gasteiger partial charge in [0.25, 0.3) is 0 Å². The standard InChI is InChI=1S/C24H33N3O2/c1-16(2)14-21(20-12-7-6-8-13-20)26-19(5)24(29)25-15-22(28)27-23-17(3)10-9-11-18(23)4/h6-13,16,19,21,26H,14-15H2,1-5H3,(H,25,29)(H,27,28)/t19-,21-/m1/s1. The van der Waals surface area contributed by atoms with Gasteiger partial charge in [-0.1, -0.05) is 62.4 Å². The van der Waals surface area contributed by atoms with Gasteiger partial charge in [-0.3, -0.25) is 14.9 Å². The van der Waals surface area contributed by atoms with Crippen molar-refractivity contribution in [3.8, 4) is 0 Å². The smallest absolute Gasteiger partial charge is 0.243 e. The Labute approximate surface area is 174 Å². The molecule has 0 saturated carbocycles. The van der Waals surface area contributed by atoms with Crippen LogP contribution in [0, 0.1) is 19.8 Å². The van der Waals surface area contributed by atoms with Gasteiger partial charge in [-0.05, 0) is 49.8 Å². The minimum absolute atomic E-state index is 0.0567. The molecule has 0 spiro atoms. The summed E-state index contributed by atoms with van der Waals surface area (Å²) >= 11 is 0. The summed E-state index contributed by atoms with van der Waals surface area (Å²) in [6, 6.07) is 15.7. The summed E-state index contributed by atoms with van der Waals surface area (Å²) in [5.41, 5.74) is 3.96. The van der Waals surface area contributed by atoms with Crippen LogP contribution in [0.3, 0.4) is 0 Å². The van der Waals surface area contributed by atoms with Crippen molar-refractivity contribution < 1.29 is 9.59 Å². The lowest BCUT2D eigenvalue weighted by Crippen LogP contribution is -2.46. The molecule has 0 unspecified atom stereocenters. The predicted molar refractivity (Wildman–Crippen MR) is 119 cm³/mol. The number of hydrogen-bond acceptors (Lipinski definition) is 3. The van der Waals surface area contributed by atoms with Crippen LogP contribution in [0.25, 0.3) is 0 Å². The molecule has 156 valence electrons. The molecule has 0 aliphatic carbocycles. The Balaban J connectivity index is 1.91. The topological polar surface area (TPSA) is 70.2 Å². The summed E-state index contributed by atoms with van der Waals surface area (Å²) in [5.74, 6) is 0.0715. The van der Waals surface area contributed by atoms with E-state index in [1.165, 1.54) is 0 Å². The Morgan fingerprint density at radius 3 is 2.10 bits per heavy atom. The Morgan fingerprint density at radius 1 is 0.897 bits per heavy atom. The number of nitrogens with one attached hydrogen (secondary N) is 3. The fourth-order valence-electron chi connectivity index (χ4n) is 3.35. The molecular weight excluding hydrogens is 362 g/mol. The third kappa shape index (κ3) is 7.02. The van der Waals surface area contributed by atoms with E-state index in [0.717, 1.165) is 28.8 Å². The maximum absolute atomic E-state index is 12.5. The fraction of sp³-hybridized carbons (Fsp3) is 0.417. The molecule has 2 aromatic carbocycles. The molecule has 3 N–H and O–H groups in total. The van der Waals surface area contributed by atoms with Crippen molar-refractivity contribution in [1.29, 1.82) is 0 Å². The number of rotatable bonds is 9. The molecule has 2 amide bonds. The van der Waals surface area contributed by atoms with Gasteiger partial charge < -0.3 is 10.6 Å². The first kappa shape index (κ1) is 22.6. The van der Waals surface area contributed by atoms with Crippen LogP contribution >= 0.6 is 0 Å². The Kier molecular flexibility index (Phi) is 8.40. The molecule has 29 heavy (non-hydrogen) atoms. The highest BCUT2D eigenvalue weighted by atomic mass is 16.2. The lowest BCUT2D eigenvalue weighted by atomic mass is 9.96. The number of anilines is 1. The first-order valence-electron chi connectivity index (χ1n) is 10.2. The van der Waals surface area contributed by atoms with Crippen LogP contribution in [0.4, 0.5) is 5.69 Å². The van der Waals surface area contributed by atoms with E-state index in [4.69, 9.17) is 0 Å². The average Bonchev–Trinajstić information content (AvgIpc) is 2.68. The van der Waals surface area contributed by atoms with Crippen molar-refractivity contribution in [3.63, 3.8) is 0 Å². The Bertz CT molecular complexity index is 798. The zero-order valence-electron chi connectivity index (χ0n) is 18.1. The normalized spacial score (nSPS) is 13.0. The maximum Gasteiger partial charge on any atom is 0.243 e. The van der Waals surface area contributed by atoms with E-state index in [1.54, 1.807) is 0 Å². The summed E-state index contributed by atoms with van der Waals surface area (Å²) in [4.78, 5) is 24.8.